The van der Waals surface area contributed by atoms with Crippen LogP contribution in [-0.4, -0.2) is 50.5 Å². The lowest BCUT2D eigenvalue weighted by Gasteiger charge is -2.40. The fourth-order valence-electron chi connectivity index (χ4n) is 4.74. The second kappa shape index (κ2) is 9.26. The number of rotatable bonds is 7. The molecule has 36 heavy (non-hydrogen) atoms. The molecule has 9 heteroatoms. The van der Waals surface area contributed by atoms with E-state index in [9.17, 15) is 14.4 Å². The second-order valence-corrected chi connectivity index (χ2v) is 8.39. The van der Waals surface area contributed by atoms with Gasteiger partial charge in [0.15, 0.2) is 11.5 Å². The van der Waals surface area contributed by atoms with Crippen LogP contribution in [0.5, 0.6) is 17.2 Å². The number of ether oxygens (including phenoxy) is 3. The Morgan fingerprint density at radius 2 is 1.64 bits per heavy atom. The maximum atomic E-state index is 13.7. The molecule has 0 spiro atoms. The van der Waals surface area contributed by atoms with Gasteiger partial charge in [0.05, 0.1) is 38.1 Å². The quantitative estimate of drug-likeness (QED) is 0.550. The molecule has 5 rings (SSSR count). The van der Waals surface area contributed by atoms with Crippen molar-refractivity contribution >= 4 is 23.4 Å². The van der Waals surface area contributed by atoms with E-state index in [1.54, 1.807) is 48.4 Å². The number of carbonyl (C=O) groups is 3. The van der Waals surface area contributed by atoms with Crippen molar-refractivity contribution in [2.24, 2.45) is 0 Å². The van der Waals surface area contributed by atoms with Gasteiger partial charge in [-0.2, -0.15) is 0 Å². The third-order valence-corrected chi connectivity index (χ3v) is 6.45. The second-order valence-electron chi connectivity index (χ2n) is 8.39. The Balaban J connectivity index is 1.48. The molecule has 0 aromatic heterocycles. The van der Waals surface area contributed by atoms with Crippen LogP contribution in [0.4, 0.5) is 5.69 Å². The number of amides is 3. The minimum absolute atomic E-state index is 0.231. The van der Waals surface area contributed by atoms with E-state index >= 15 is 0 Å². The first-order chi connectivity index (χ1) is 17.5. The number of fused-ring (bicyclic) bond motifs is 5. The monoisotopic (exact) mass is 487 g/mol. The Bertz CT molecular complexity index is 1350. The number of methoxy groups -OCH3 is 3. The van der Waals surface area contributed by atoms with E-state index in [0.717, 1.165) is 11.3 Å². The molecule has 2 heterocycles. The van der Waals surface area contributed by atoms with Gasteiger partial charge in [-0.05, 0) is 35.9 Å². The number of benzene rings is 3. The van der Waals surface area contributed by atoms with Crippen LogP contribution in [0.3, 0.4) is 0 Å². The fraction of sp³-hybridized carbons (Fsp3) is 0.222. The standard InChI is InChI=1S/C27H25N3O6/c1-34-17-10-8-16(9-11-17)14-28-22(31)15-29-25-19-12-13-21(35-2)24(36-3)23(19)27(33)30(25)20-7-5-4-6-18(20)26(29)32/h4-13,25H,14-15H2,1-3H3,(H,28,31)/t25-/m1/s1. The van der Waals surface area contributed by atoms with Crippen LogP contribution in [0.2, 0.25) is 0 Å². The lowest BCUT2D eigenvalue weighted by atomic mass is 10.0. The van der Waals surface area contributed by atoms with Gasteiger partial charge in [0, 0.05) is 12.1 Å². The summed E-state index contributed by atoms with van der Waals surface area (Å²) in [7, 11) is 4.55. The molecule has 0 radical (unpaired) electrons. The van der Waals surface area contributed by atoms with E-state index < -0.39 is 6.17 Å². The minimum Gasteiger partial charge on any atom is -0.497 e. The summed E-state index contributed by atoms with van der Waals surface area (Å²) >= 11 is 0. The molecular formula is C27H25N3O6. The first-order valence-corrected chi connectivity index (χ1v) is 11.4. The van der Waals surface area contributed by atoms with E-state index in [-0.39, 0.29) is 30.8 Å². The highest BCUT2D eigenvalue weighted by Gasteiger charge is 2.50. The third kappa shape index (κ3) is 3.69. The number of nitrogens with zero attached hydrogens (tertiary/aromatic N) is 2. The van der Waals surface area contributed by atoms with Gasteiger partial charge in [-0.25, -0.2) is 0 Å². The average molecular weight is 488 g/mol. The number of para-hydroxylation sites is 1. The van der Waals surface area contributed by atoms with Crippen molar-refractivity contribution in [2.45, 2.75) is 12.7 Å². The molecule has 0 saturated heterocycles. The Morgan fingerprint density at radius 1 is 0.889 bits per heavy atom. The maximum Gasteiger partial charge on any atom is 0.264 e. The summed E-state index contributed by atoms with van der Waals surface area (Å²) in [5, 5.41) is 2.86. The van der Waals surface area contributed by atoms with Crippen molar-refractivity contribution in [1.82, 2.24) is 10.2 Å². The highest BCUT2D eigenvalue weighted by atomic mass is 16.5. The van der Waals surface area contributed by atoms with Gasteiger partial charge in [-0.3, -0.25) is 19.3 Å². The van der Waals surface area contributed by atoms with Crippen molar-refractivity contribution in [3.63, 3.8) is 0 Å². The van der Waals surface area contributed by atoms with Crippen molar-refractivity contribution in [1.29, 1.82) is 0 Å². The van der Waals surface area contributed by atoms with E-state index in [2.05, 4.69) is 5.32 Å². The van der Waals surface area contributed by atoms with Gasteiger partial charge >= 0.3 is 0 Å². The topological polar surface area (TPSA) is 97.4 Å². The zero-order valence-corrected chi connectivity index (χ0v) is 20.1. The SMILES string of the molecule is COc1ccc(CNC(=O)CN2C(=O)c3ccccc3N3C(=O)c4c(ccc(OC)c4OC)[C@H]23)cc1. The molecular weight excluding hydrogens is 462 g/mol. The summed E-state index contributed by atoms with van der Waals surface area (Å²) in [5.74, 6) is 0.423. The Labute approximate surface area is 208 Å². The van der Waals surface area contributed by atoms with Crippen LogP contribution in [0.25, 0.3) is 0 Å². The van der Waals surface area contributed by atoms with Crippen LogP contribution < -0.4 is 24.4 Å². The molecule has 3 aromatic rings. The molecule has 1 atom stereocenters. The molecule has 2 aliphatic heterocycles. The lowest BCUT2D eigenvalue weighted by Crippen LogP contribution is -2.51. The molecule has 0 saturated carbocycles. The number of hydrogen-bond acceptors (Lipinski definition) is 6. The van der Waals surface area contributed by atoms with Crippen molar-refractivity contribution in [3.05, 3.63) is 82.9 Å². The molecule has 184 valence electrons. The highest BCUT2D eigenvalue weighted by molar-refractivity contribution is 6.18. The van der Waals surface area contributed by atoms with Crippen LogP contribution in [-0.2, 0) is 11.3 Å². The third-order valence-electron chi connectivity index (χ3n) is 6.45. The number of carbonyl (C=O) groups excluding carboxylic acids is 3. The van der Waals surface area contributed by atoms with Gasteiger partial charge < -0.3 is 24.4 Å². The van der Waals surface area contributed by atoms with Gasteiger partial charge in [-0.15, -0.1) is 0 Å². The van der Waals surface area contributed by atoms with Gasteiger partial charge in [0.2, 0.25) is 5.91 Å². The zero-order valence-electron chi connectivity index (χ0n) is 20.1. The molecule has 9 nitrogen and oxygen atoms in total. The first-order valence-electron chi connectivity index (χ1n) is 11.4. The predicted octanol–water partition coefficient (Wildman–Crippen LogP) is 3.14. The summed E-state index contributed by atoms with van der Waals surface area (Å²) in [6.45, 7) is 0.0575. The number of anilines is 1. The van der Waals surface area contributed by atoms with Crippen LogP contribution >= 0.6 is 0 Å². The van der Waals surface area contributed by atoms with E-state index in [4.69, 9.17) is 14.2 Å². The molecule has 0 aliphatic carbocycles. The van der Waals surface area contributed by atoms with Crippen LogP contribution in [0, 0.1) is 0 Å². The van der Waals surface area contributed by atoms with Crippen LogP contribution in [0.1, 0.15) is 38.0 Å². The van der Waals surface area contributed by atoms with Crippen LogP contribution in [0.15, 0.2) is 60.7 Å². The fourth-order valence-corrected chi connectivity index (χ4v) is 4.74. The van der Waals surface area contributed by atoms with Crippen molar-refractivity contribution in [3.8, 4) is 17.2 Å². The molecule has 3 aromatic carbocycles. The van der Waals surface area contributed by atoms with E-state index in [1.807, 2.05) is 24.3 Å². The molecule has 0 unspecified atom stereocenters. The van der Waals surface area contributed by atoms with Crippen molar-refractivity contribution < 1.29 is 28.6 Å². The van der Waals surface area contributed by atoms with Gasteiger partial charge in [-0.1, -0.05) is 30.3 Å². The smallest absolute Gasteiger partial charge is 0.264 e. The number of nitrogens with one attached hydrogen (secondary N) is 1. The highest BCUT2D eigenvalue weighted by Crippen LogP contribution is 2.49. The minimum atomic E-state index is -0.790. The molecule has 3 amide bonds. The largest absolute Gasteiger partial charge is 0.497 e. The molecule has 0 bridgehead atoms. The average Bonchev–Trinajstić information content (AvgIpc) is 3.21. The maximum absolute atomic E-state index is 13.7. The molecule has 2 aliphatic rings. The summed E-state index contributed by atoms with van der Waals surface area (Å²) in [4.78, 5) is 43.2. The number of hydrogen-bond donors (Lipinski definition) is 1. The van der Waals surface area contributed by atoms with E-state index in [1.165, 1.54) is 19.1 Å². The van der Waals surface area contributed by atoms with Crippen molar-refractivity contribution in [2.75, 3.05) is 32.8 Å². The summed E-state index contributed by atoms with van der Waals surface area (Å²) < 4.78 is 16.1. The summed E-state index contributed by atoms with van der Waals surface area (Å²) in [5.41, 5.74) is 2.62. The summed E-state index contributed by atoms with van der Waals surface area (Å²) in [6, 6.07) is 17.7. The van der Waals surface area contributed by atoms with E-state index in [0.29, 0.717) is 33.9 Å². The molecule has 0 fully saturated rings. The lowest BCUT2D eigenvalue weighted by molar-refractivity contribution is -0.122. The Hall–Kier alpha value is -4.53. The Kier molecular flexibility index (Phi) is 5.97. The first kappa shape index (κ1) is 23.2. The molecule has 1 N–H and O–H groups in total. The zero-order chi connectivity index (χ0) is 25.4. The normalized spacial score (nSPS) is 15.7. The Morgan fingerprint density at radius 3 is 2.33 bits per heavy atom. The predicted molar refractivity (Wildman–Crippen MR) is 131 cm³/mol. The van der Waals surface area contributed by atoms with Gasteiger partial charge in [0.1, 0.15) is 18.5 Å². The van der Waals surface area contributed by atoms with Gasteiger partial charge in [0.25, 0.3) is 11.8 Å². The summed E-state index contributed by atoms with van der Waals surface area (Å²) in [6.07, 6.45) is -0.790.